The molecule has 170 valence electrons. The number of hydrogen-bond acceptors (Lipinski definition) is 8. The number of pyridine rings is 1. The van der Waals surface area contributed by atoms with E-state index >= 15 is 0 Å². The lowest BCUT2D eigenvalue weighted by molar-refractivity contribution is 0.161. The Morgan fingerprint density at radius 3 is 2.62 bits per heavy atom. The van der Waals surface area contributed by atoms with Crippen LogP contribution in [0.1, 0.15) is 45.4 Å². The van der Waals surface area contributed by atoms with E-state index in [1.54, 1.807) is 19.6 Å². The molecule has 4 rings (SSSR count). The van der Waals surface area contributed by atoms with E-state index in [-0.39, 0.29) is 5.41 Å². The minimum absolute atomic E-state index is 0.208. The lowest BCUT2D eigenvalue weighted by atomic mass is 9.90. The predicted molar refractivity (Wildman–Crippen MR) is 125 cm³/mol. The number of methoxy groups -OCH3 is 1. The van der Waals surface area contributed by atoms with Crippen molar-refractivity contribution in [3.63, 3.8) is 0 Å². The van der Waals surface area contributed by atoms with Crippen molar-refractivity contribution < 1.29 is 4.74 Å². The average Bonchev–Trinajstić information content (AvgIpc) is 3.60. The SMILES string of the molecule is COCC(C)NC1CCC(Nc2cc(-c3ccnc(NCC4(C#N)CC4)c3)ncn2)CC1. The van der Waals surface area contributed by atoms with E-state index < -0.39 is 0 Å². The molecule has 2 aromatic rings. The van der Waals surface area contributed by atoms with Crippen LogP contribution in [0.25, 0.3) is 11.3 Å². The summed E-state index contributed by atoms with van der Waals surface area (Å²) >= 11 is 0. The molecule has 1 atom stereocenters. The van der Waals surface area contributed by atoms with Crippen LogP contribution in [-0.2, 0) is 4.74 Å². The second kappa shape index (κ2) is 10.2. The summed E-state index contributed by atoms with van der Waals surface area (Å²) in [5.41, 5.74) is 1.63. The van der Waals surface area contributed by atoms with Gasteiger partial charge in [0.1, 0.15) is 18.0 Å². The van der Waals surface area contributed by atoms with Crippen molar-refractivity contribution in [3.05, 3.63) is 30.7 Å². The number of nitriles is 1. The molecule has 0 amide bonds. The molecule has 0 aromatic carbocycles. The van der Waals surface area contributed by atoms with Gasteiger partial charge in [-0.2, -0.15) is 5.26 Å². The highest BCUT2D eigenvalue weighted by molar-refractivity contribution is 5.65. The maximum absolute atomic E-state index is 9.26. The highest BCUT2D eigenvalue weighted by Crippen LogP contribution is 2.44. The van der Waals surface area contributed by atoms with Crippen LogP contribution >= 0.6 is 0 Å². The highest BCUT2D eigenvalue weighted by Gasteiger charge is 2.42. The van der Waals surface area contributed by atoms with E-state index in [9.17, 15) is 5.26 Å². The summed E-state index contributed by atoms with van der Waals surface area (Å²) in [7, 11) is 1.75. The van der Waals surface area contributed by atoms with Crippen LogP contribution in [0.15, 0.2) is 30.7 Å². The molecule has 0 aliphatic heterocycles. The summed E-state index contributed by atoms with van der Waals surface area (Å²) in [5, 5.41) is 19.8. The first-order valence-corrected chi connectivity index (χ1v) is 11.5. The molecule has 3 N–H and O–H groups in total. The number of aromatic nitrogens is 3. The molecule has 1 unspecified atom stereocenters. The second-order valence-corrected chi connectivity index (χ2v) is 9.18. The molecular formula is C24H33N7O. The Hall–Kier alpha value is -2.76. The van der Waals surface area contributed by atoms with Gasteiger partial charge in [0.2, 0.25) is 0 Å². The Balaban J connectivity index is 1.32. The molecule has 0 bridgehead atoms. The molecule has 2 aliphatic carbocycles. The van der Waals surface area contributed by atoms with Crippen LogP contribution in [0.3, 0.4) is 0 Å². The van der Waals surface area contributed by atoms with Crippen molar-refractivity contribution >= 4 is 11.6 Å². The van der Waals surface area contributed by atoms with Crippen LogP contribution in [-0.4, -0.2) is 53.3 Å². The van der Waals surface area contributed by atoms with E-state index in [2.05, 4.69) is 43.9 Å². The van der Waals surface area contributed by atoms with Crippen LogP contribution in [0.4, 0.5) is 11.6 Å². The van der Waals surface area contributed by atoms with E-state index in [0.29, 0.717) is 24.7 Å². The lowest BCUT2D eigenvalue weighted by Gasteiger charge is -2.31. The van der Waals surface area contributed by atoms with Gasteiger partial charge in [-0.1, -0.05) is 0 Å². The van der Waals surface area contributed by atoms with Gasteiger partial charge in [0.15, 0.2) is 0 Å². The maximum atomic E-state index is 9.26. The Morgan fingerprint density at radius 2 is 1.91 bits per heavy atom. The summed E-state index contributed by atoms with van der Waals surface area (Å²) in [6.07, 6.45) is 9.82. The van der Waals surface area contributed by atoms with E-state index in [0.717, 1.165) is 68.0 Å². The highest BCUT2D eigenvalue weighted by atomic mass is 16.5. The molecule has 2 heterocycles. The second-order valence-electron chi connectivity index (χ2n) is 9.18. The van der Waals surface area contributed by atoms with Crippen LogP contribution in [0, 0.1) is 16.7 Å². The molecular weight excluding hydrogens is 402 g/mol. The van der Waals surface area contributed by atoms with Gasteiger partial charge >= 0.3 is 0 Å². The van der Waals surface area contributed by atoms with E-state index in [4.69, 9.17) is 4.74 Å². The van der Waals surface area contributed by atoms with E-state index in [1.807, 2.05) is 18.2 Å². The third kappa shape index (κ3) is 5.93. The number of hydrogen-bond donors (Lipinski definition) is 3. The Morgan fingerprint density at radius 1 is 1.12 bits per heavy atom. The van der Waals surface area contributed by atoms with Crippen LogP contribution in [0.2, 0.25) is 0 Å². The monoisotopic (exact) mass is 435 g/mol. The van der Waals surface area contributed by atoms with Gasteiger partial charge in [0, 0.05) is 49.6 Å². The Bertz CT molecular complexity index is 932. The van der Waals surface area contributed by atoms with Gasteiger partial charge in [-0.25, -0.2) is 15.0 Å². The number of nitrogens with zero attached hydrogens (tertiary/aromatic N) is 4. The molecule has 2 aliphatic rings. The first kappa shape index (κ1) is 22.4. The fraction of sp³-hybridized carbons (Fsp3) is 0.583. The summed E-state index contributed by atoms with van der Waals surface area (Å²) in [5.74, 6) is 1.62. The smallest absolute Gasteiger partial charge is 0.130 e. The van der Waals surface area contributed by atoms with Gasteiger partial charge in [0.05, 0.1) is 23.8 Å². The predicted octanol–water partition coefficient (Wildman–Crippen LogP) is 3.60. The molecule has 2 fully saturated rings. The van der Waals surface area contributed by atoms with Crippen LogP contribution < -0.4 is 16.0 Å². The molecule has 0 saturated heterocycles. The standard InChI is InChI=1S/C24H33N7O/c1-17(13-32-2)30-19-3-5-20(6-4-19)31-23-12-21(28-16-29-23)18-7-10-26-22(11-18)27-15-24(14-25)8-9-24/h7,10-12,16-17,19-20,30H,3-6,8-9,13,15H2,1-2H3,(H,26,27)(H,28,29,31). The summed E-state index contributed by atoms with van der Waals surface area (Å²) in [6.45, 7) is 3.55. The zero-order chi connectivity index (χ0) is 22.4. The normalized spacial score (nSPS) is 22.5. The molecule has 0 radical (unpaired) electrons. The first-order valence-electron chi connectivity index (χ1n) is 11.5. The minimum Gasteiger partial charge on any atom is -0.383 e. The van der Waals surface area contributed by atoms with E-state index in [1.165, 1.54) is 0 Å². The molecule has 2 aromatic heterocycles. The quantitative estimate of drug-likeness (QED) is 0.520. The summed E-state index contributed by atoms with van der Waals surface area (Å²) in [6, 6.07) is 9.70. The largest absolute Gasteiger partial charge is 0.383 e. The van der Waals surface area contributed by atoms with Gasteiger partial charge < -0.3 is 20.7 Å². The molecule has 0 spiro atoms. The summed E-state index contributed by atoms with van der Waals surface area (Å²) < 4.78 is 5.23. The minimum atomic E-state index is -0.208. The zero-order valence-electron chi connectivity index (χ0n) is 19.0. The Labute approximate surface area is 190 Å². The van der Waals surface area contributed by atoms with Gasteiger partial charge in [-0.05, 0) is 57.6 Å². The van der Waals surface area contributed by atoms with Crippen molar-refractivity contribution in [2.45, 2.75) is 63.6 Å². The van der Waals surface area contributed by atoms with Crippen molar-refractivity contribution in [2.24, 2.45) is 5.41 Å². The topological polar surface area (TPSA) is 108 Å². The average molecular weight is 436 g/mol. The Kier molecular flexibility index (Phi) is 7.18. The van der Waals surface area contributed by atoms with Gasteiger partial charge in [-0.15, -0.1) is 0 Å². The maximum Gasteiger partial charge on any atom is 0.130 e. The third-order valence-corrected chi connectivity index (χ3v) is 6.44. The number of anilines is 2. The van der Waals surface area contributed by atoms with Crippen molar-refractivity contribution in [2.75, 3.05) is 30.9 Å². The third-order valence-electron chi connectivity index (χ3n) is 6.44. The number of ether oxygens (including phenoxy) is 1. The molecule has 32 heavy (non-hydrogen) atoms. The van der Waals surface area contributed by atoms with Crippen molar-refractivity contribution in [1.29, 1.82) is 5.26 Å². The lowest BCUT2D eigenvalue weighted by Crippen LogP contribution is -2.42. The number of rotatable bonds is 10. The van der Waals surface area contributed by atoms with Gasteiger partial charge in [-0.3, -0.25) is 0 Å². The number of nitrogens with one attached hydrogen (secondary N) is 3. The van der Waals surface area contributed by atoms with Crippen LogP contribution in [0.5, 0.6) is 0 Å². The van der Waals surface area contributed by atoms with Gasteiger partial charge in [0.25, 0.3) is 0 Å². The summed E-state index contributed by atoms with van der Waals surface area (Å²) in [4.78, 5) is 13.3. The zero-order valence-corrected chi connectivity index (χ0v) is 19.0. The fourth-order valence-electron chi connectivity index (χ4n) is 4.33. The van der Waals surface area contributed by atoms with Crippen molar-refractivity contribution in [1.82, 2.24) is 20.3 Å². The molecule has 2 saturated carbocycles. The van der Waals surface area contributed by atoms with Crippen molar-refractivity contribution in [3.8, 4) is 17.3 Å². The molecule has 8 heteroatoms. The fourth-order valence-corrected chi connectivity index (χ4v) is 4.33. The molecule has 8 nitrogen and oxygen atoms in total. The first-order chi connectivity index (χ1) is 15.6.